The molecule has 0 bridgehead atoms. The van der Waals surface area contributed by atoms with Crippen LogP contribution < -0.4 is 9.60 Å². The molecule has 0 N–H and O–H groups in total. The van der Waals surface area contributed by atoms with Crippen LogP contribution in [0.2, 0.25) is 0 Å². The fourth-order valence-corrected chi connectivity index (χ4v) is 7.01. The van der Waals surface area contributed by atoms with E-state index in [9.17, 15) is 29.8 Å². The van der Waals surface area contributed by atoms with Gasteiger partial charge in [-0.1, -0.05) is 48.4 Å². The van der Waals surface area contributed by atoms with Gasteiger partial charge in [-0.3, -0.25) is 29.8 Å². The third-order valence-corrected chi connectivity index (χ3v) is 8.94. The van der Waals surface area contributed by atoms with Crippen molar-refractivity contribution in [3.63, 3.8) is 0 Å². The van der Waals surface area contributed by atoms with Gasteiger partial charge in [0.1, 0.15) is 0 Å². The lowest BCUT2D eigenvalue weighted by Crippen LogP contribution is -2.15. The first-order chi connectivity index (χ1) is 20.2. The van der Waals surface area contributed by atoms with Gasteiger partial charge in [-0.25, -0.2) is 0 Å². The Bertz CT molecular complexity index is 1650. The number of nitro benzene ring substituents is 2. The maximum absolute atomic E-state index is 12.5. The summed E-state index contributed by atoms with van der Waals surface area (Å²) in [7, 11) is 0. The molecule has 0 atom stereocenters. The molecule has 14 heteroatoms. The van der Waals surface area contributed by atoms with E-state index >= 15 is 0 Å². The summed E-state index contributed by atoms with van der Waals surface area (Å²) in [6.07, 6.45) is 5.79. The monoisotopic (exact) mass is 612 g/mol. The molecule has 2 amide bonds. The summed E-state index contributed by atoms with van der Waals surface area (Å²) >= 11 is 2.56. The van der Waals surface area contributed by atoms with Crippen LogP contribution in [-0.4, -0.2) is 30.8 Å². The van der Waals surface area contributed by atoms with E-state index in [0.29, 0.717) is 35.5 Å². The zero-order valence-electron chi connectivity index (χ0n) is 23.5. The summed E-state index contributed by atoms with van der Waals surface area (Å²) in [6.45, 7) is 5.10. The molecule has 2 aromatic heterocycles. The maximum atomic E-state index is 12.5. The highest BCUT2D eigenvalue weighted by atomic mass is 32.1. The number of aryl methyl sites for hydroxylation is 2. The number of hydrogen-bond donors (Lipinski definition) is 0. The molecule has 0 saturated heterocycles. The molecule has 0 spiro atoms. The molecule has 0 aliphatic heterocycles. The second kappa shape index (κ2) is 14.2. The average Bonchev–Trinajstić information content (AvgIpc) is 3.49. The maximum Gasteiger partial charge on any atom is 0.270 e. The number of carbonyl (C=O) groups excluding carboxylic acids is 2. The summed E-state index contributed by atoms with van der Waals surface area (Å²) in [5.41, 5.74) is 1.68. The number of nitrogens with zero attached hydrogens (tertiary/aromatic N) is 6. The number of rotatable bonds is 13. The van der Waals surface area contributed by atoms with Crippen molar-refractivity contribution in [2.75, 3.05) is 0 Å². The van der Waals surface area contributed by atoms with E-state index in [4.69, 9.17) is 0 Å². The van der Waals surface area contributed by atoms with Crippen molar-refractivity contribution in [1.82, 2.24) is 9.13 Å². The Kier molecular flexibility index (Phi) is 10.5. The quantitative estimate of drug-likeness (QED) is 0.0987. The molecule has 0 radical (unpaired) electrons. The predicted octanol–water partition coefficient (Wildman–Crippen LogP) is 6.25. The van der Waals surface area contributed by atoms with Gasteiger partial charge in [0.05, 0.1) is 30.3 Å². The number of fused-ring (bicyclic) bond motifs is 2. The number of nitro groups is 2. The van der Waals surface area contributed by atoms with E-state index in [1.165, 1.54) is 46.9 Å². The highest BCUT2D eigenvalue weighted by Gasteiger charge is 2.13. The number of aromatic nitrogens is 2. The Morgan fingerprint density at radius 3 is 1.43 bits per heavy atom. The van der Waals surface area contributed by atoms with Crippen LogP contribution in [0.15, 0.2) is 46.4 Å². The Morgan fingerprint density at radius 2 is 1.07 bits per heavy atom. The second-order valence-electron chi connectivity index (χ2n) is 9.71. The van der Waals surface area contributed by atoms with Gasteiger partial charge in [-0.2, -0.15) is 9.98 Å². The van der Waals surface area contributed by atoms with Crippen LogP contribution in [0.1, 0.15) is 65.2 Å². The first-order valence-electron chi connectivity index (χ1n) is 13.9. The third kappa shape index (κ3) is 7.42. The zero-order chi connectivity index (χ0) is 30.2. The fourth-order valence-electron chi connectivity index (χ4n) is 4.72. The minimum Gasteiger partial charge on any atom is -0.317 e. The van der Waals surface area contributed by atoms with E-state index in [2.05, 4.69) is 9.98 Å². The van der Waals surface area contributed by atoms with E-state index in [0.717, 1.165) is 59.0 Å². The number of benzene rings is 2. The van der Waals surface area contributed by atoms with Crippen molar-refractivity contribution in [2.24, 2.45) is 9.98 Å². The van der Waals surface area contributed by atoms with Crippen LogP contribution in [0.4, 0.5) is 11.4 Å². The molecule has 4 rings (SSSR count). The summed E-state index contributed by atoms with van der Waals surface area (Å²) in [5, 5.41) is 22.2. The van der Waals surface area contributed by atoms with E-state index in [1.54, 1.807) is 12.1 Å². The van der Waals surface area contributed by atoms with Crippen LogP contribution in [0.5, 0.6) is 0 Å². The highest BCUT2D eigenvalue weighted by Crippen LogP contribution is 2.24. The van der Waals surface area contributed by atoms with Gasteiger partial charge < -0.3 is 9.13 Å². The van der Waals surface area contributed by atoms with Gasteiger partial charge in [0, 0.05) is 50.2 Å². The van der Waals surface area contributed by atoms with Crippen LogP contribution in [-0.2, 0) is 22.7 Å². The second-order valence-corrected chi connectivity index (χ2v) is 11.7. The van der Waals surface area contributed by atoms with Gasteiger partial charge in [-0.05, 0) is 38.8 Å². The number of unbranched alkanes of at least 4 members (excludes halogenated alkanes) is 5. The average molecular weight is 613 g/mol. The SMILES string of the molecule is CCn1c(=NC(=O)CCCCCCCCC(=O)N=c2sc3cc([N+](=O)[O-])ccc3n2CC)sc2cc([N+](=O)[O-])ccc21. The van der Waals surface area contributed by atoms with Crippen molar-refractivity contribution >= 4 is 66.3 Å². The molecule has 42 heavy (non-hydrogen) atoms. The van der Waals surface area contributed by atoms with Gasteiger partial charge in [0.15, 0.2) is 9.60 Å². The van der Waals surface area contributed by atoms with Crippen molar-refractivity contribution in [3.8, 4) is 0 Å². The molecule has 0 aliphatic rings. The van der Waals surface area contributed by atoms with Crippen LogP contribution in [0.25, 0.3) is 20.4 Å². The highest BCUT2D eigenvalue weighted by molar-refractivity contribution is 7.16. The lowest BCUT2D eigenvalue weighted by atomic mass is 10.1. The molecular weight excluding hydrogens is 580 g/mol. The van der Waals surface area contributed by atoms with Gasteiger partial charge in [-0.15, -0.1) is 0 Å². The van der Waals surface area contributed by atoms with Crippen molar-refractivity contribution in [3.05, 3.63) is 66.2 Å². The van der Waals surface area contributed by atoms with Crippen molar-refractivity contribution in [2.45, 2.75) is 78.3 Å². The predicted molar refractivity (Wildman–Crippen MR) is 162 cm³/mol. The standard InChI is InChI=1S/C28H32N6O6S2/c1-3-31-21-15-13-19(33(37)38)17-23(21)41-27(31)29-25(35)11-9-7-5-6-8-10-12-26(36)30-28-32(4-2)22-16-14-20(34(39)40)18-24(22)42-28/h13-18H,3-12H2,1-2H3. The van der Waals surface area contributed by atoms with Crippen molar-refractivity contribution in [1.29, 1.82) is 0 Å². The van der Waals surface area contributed by atoms with Gasteiger partial charge in [0.2, 0.25) is 11.8 Å². The minimum absolute atomic E-state index is 0.0135. The van der Waals surface area contributed by atoms with Crippen LogP contribution >= 0.6 is 22.7 Å². The Morgan fingerprint density at radius 1 is 0.690 bits per heavy atom. The zero-order valence-corrected chi connectivity index (χ0v) is 25.1. The molecule has 2 heterocycles. The van der Waals surface area contributed by atoms with Crippen molar-refractivity contribution < 1.29 is 19.4 Å². The van der Waals surface area contributed by atoms with E-state index < -0.39 is 9.85 Å². The van der Waals surface area contributed by atoms with Crippen LogP contribution in [0, 0.1) is 20.2 Å². The number of thiazole rings is 2. The number of non-ortho nitro benzene ring substituents is 2. The normalized spacial score (nSPS) is 12.4. The third-order valence-electron chi connectivity index (χ3n) is 6.86. The van der Waals surface area contributed by atoms with E-state index in [-0.39, 0.29) is 23.2 Å². The lowest BCUT2D eigenvalue weighted by molar-refractivity contribution is -0.384. The molecule has 222 valence electrons. The van der Waals surface area contributed by atoms with Gasteiger partial charge >= 0.3 is 0 Å². The number of hydrogen-bond acceptors (Lipinski definition) is 8. The fraction of sp³-hybridized carbons (Fsp3) is 0.429. The topological polar surface area (TPSA) is 155 Å². The summed E-state index contributed by atoms with van der Waals surface area (Å²) in [5.74, 6) is -0.406. The Labute approximate surface area is 249 Å². The van der Waals surface area contributed by atoms with Gasteiger partial charge in [0.25, 0.3) is 11.4 Å². The molecule has 0 fully saturated rings. The Hall–Kier alpha value is -4.04. The summed E-state index contributed by atoms with van der Waals surface area (Å²) < 4.78 is 5.24. The first kappa shape index (κ1) is 30.9. The summed E-state index contributed by atoms with van der Waals surface area (Å²) in [4.78, 5) is 55.9. The lowest BCUT2D eigenvalue weighted by Gasteiger charge is -2.01. The van der Waals surface area contributed by atoms with E-state index in [1.807, 2.05) is 23.0 Å². The molecule has 2 aromatic carbocycles. The molecule has 0 saturated carbocycles. The minimum atomic E-state index is -0.434. The molecule has 12 nitrogen and oxygen atoms in total. The molecule has 4 aromatic rings. The number of carbonyl (C=O) groups is 2. The number of amides is 2. The summed E-state index contributed by atoms with van der Waals surface area (Å²) in [6, 6.07) is 9.33. The van der Waals surface area contributed by atoms with Crippen LogP contribution in [0.3, 0.4) is 0 Å². The largest absolute Gasteiger partial charge is 0.317 e. The molecule has 0 unspecified atom stereocenters. The Balaban J connectivity index is 1.21. The smallest absolute Gasteiger partial charge is 0.270 e. The first-order valence-corrected chi connectivity index (χ1v) is 15.6. The molecular formula is C28H32N6O6S2. The molecule has 0 aliphatic carbocycles.